The molecule has 1 unspecified atom stereocenters. The summed E-state index contributed by atoms with van der Waals surface area (Å²) in [6, 6.07) is 0.610. The summed E-state index contributed by atoms with van der Waals surface area (Å²) < 4.78 is 5.44. The Labute approximate surface area is 131 Å². The summed E-state index contributed by atoms with van der Waals surface area (Å²) >= 11 is 1.68. The monoisotopic (exact) mass is 314 g/mol. The predicted octanol–water partition coefficient (Wildman–Crippen LogP) is 0.568. The van der Waals surface area contributed by atoms with Crippen molar-refractivity contribution in [3.05, 3.63) is 0 Å². The molecule has 120 valence electrons. The second kappa shape index (κ2) is 6.86. The fourth-order valence-electron chi connectivity index (χ4n) is 3.57. The average Bonchev–Trinajstić information content (AvgIpc) is 2.83. The molecule has 0 aliphatic carbocycles. The smallest absolute Gasteiger partial charge is 0.255 e. The Kier molecular flexibility index (Phi) is 5.09. The third kappa shape index (κ3) is 3.55. The largest absolute Gasteiger partial charge is 0.381 e. The number of hydrogen-bond acceptors (Lipinski definition) is 5. The van der Waals surface area contributed by atoms with Crippen LogP contribution >= 0.6 is 11.8 Å². The van der Waals surface area contributed by atoms with Crippen molar-refractivity contribution < 1.29 is 14.6 Å². The molecule has 3 fully saturated rings. The van der Waals surface area contributed by atoms with E-state index in [9.17, 15) is 9.90 Å². The first kappa shape index (κ1) is 15.6. The maximum Gasteiger partial charge on any atom is 0.255 e. The Hall–Kier alpha value is -0.300. The van der Waals surface area contributed by atoms with Crippen LogP contribution in [0.2, 0.25) is 0 Å². The van der Waals surface area contributed by atoms with E-state index in [1.807, 2.05) is 4.90 Å². The fourth-order valence-corrected chi connectivity index (χ4v) is 4.80. The van der Waals surface area contributed by atoms with Gasteiger partial charge in [0, 0.05) is 51.2 Å². The normalized spacial score (nSPS) is 33.1. The van der Waals surface area contributed by atoms with Crippen molar-refractivity contribution in [2.75, 3.05) is 50.9 Å². The molecule has 0 saturated carbocycles. The van der Waals surface area contributed by atoms with E-state index in [2.05, 4.69) is 4.90 Å². The molecule has 3 heterocycles. The van der Waals surface area contributed by atoms with Crippen molar-refractivity contribution in [2.45, 2.75) is 37.3 Å². The zero-order valence-electron chi connectivity index (χ0n) is 12.6. The van der Waals surface area contributed by atoms with Crippen LogP contribution in [0.25, 0.3) is 0 Å². The number of aliphatic hydroxyl groups is 1. The van der Waals surface area contributed by atoms with Gasteiger partial charge in [0.25, 0.3) is 5.91 Å². The molecule has 21 heavy (non-hydrogen) atoms. The third-order valence-corrected chi connectivity index (χ3v) is 6.10. The van der Waals surface area contributed by atoms with Gasteiger partial charge in [0.2, 0.25) is 0 Å². The first-order valence-corrected chi connectivity index (χ1v) is 9.26. The molecule has 5 nitrogen and oxygen atoms in total. The van der Waals surface area contributed by atoms with Crippen LogP contribution in [0, 0.1) is 0 Å². The van der Waals surface area contributed by atoms with Crippen LogP contribution in [-0.4, -0.2) is 83.4 Å². The van der Waals surface area contributed by atoms with E-state index >= 15 is 0 Å². The van der Waals surface area contributed by atoms with Crippen LogP contribution in [0.1, 0.15) is 25.7 Å². The van der Waals surface area contributed by atoms with Crippen LogP contribution in [-0.2, 0) is 9.53 Å². The van der Waals surface area contributed by atoms with Gasteiger partial charge < -0.3 is 14.7 Å². The molecule has 3 saturated heterocycles. The highest BCUT2D eigenvalue weighted by molar-refractivity contribution is 7.99. The van der Waals surface area contributed by atoms with Gasteiger partial charge in [0.15, 0.2) is 5.60 Å². The minimum Gasteiger partial charge on any atom is -0.381 e. The second-order valence-corrected chi connectivity index (χ2v) is 7.46. The molecule has 1 atom stereocenters. The van der Waals surface area contributed by atoms with Crippen molar-refractivity contribution in [2.24, 2.45) is 0 Å². The van der Waals surface area contributed by atoms with E-state index in [0.717, 1.165) is 64.4 Å². The van der Waals surface area contributed by atoms with Crippen LogP contribution in [0.4, 0.5) is 0 Å². The molecule has 3 aliphatic rings. The molecule has 1 N–H and O–H groups in total. The lowest BCUT2D eigenvalue weighted by molar-refractivity contribution is -0.148. The van der Waals surface area contributed by atoms with Gasteiger partial charge in [-0.25, -0.2) is 0 Å². The first-order chi connectivity index (χ1) is 10.2. The van der Waals surface area contributed by atoms with E-state index in [1.165, 1.54) is 0 Å². The van der Waals surface area contributed by atoms with Gasteiger partial charge in [0.1, 0.15) is 0 Å². The average molecular weight is 314 g/mol. The molecule has 3 aliphatic heterocycles. The van der Waals surface area contributed by atoms with E-state index in [-0.39, 0.29) is 5.91 Å². The Morgan fingerprint density at radius 3 is 2.71 bits per heavy atom. The number of carbonyl (C=O) groups is 1. The highest BCUT2D eigenvalue weighted by Crippen LogP contribution is 2.30. The van der Waals surface area contributed by atoms with Gasteiger partial charge in [-0.15, -0.1) is 0 Å². The van der Waals surface area contributed by atoms with Crippen LogP contribution in [0.3, 0.4) is 0 Å². The zero-order valence-corrected chi connectivity index (χ0v) is 13.4. The Morgan fingerprint density at radius 1 is 1.19 bits per heavy atom. The number of hydrogen-bond donors (Lipinski definition) is 1. The summed E-state index contributed by atoms with van der Waals surface area (Å²) in [5.41, 5.74) is -1.10. The first-order valence-electron chi connectivity index (χ1n) is 8.10. The molecule has 1 amide bonds. The van der Waals surface area contributed by atoms with Crippen molar-refractivity contribution in [1.29, 1.82) is 0 Å². The number of rotatable bonds is 2. The van der Waals surface area contributed by atoms with Crippen LogP contribution in [0.15, 0.2) is 0 Å². The van der Waals surface area contributed by atoms with Crippen molar-refractivity contribution in [3.63, 3.8) is 0 Å². The molecule has 0 bridgehead atoms. The minimum atomic E-state index is -1.10. The van der Waals surface area contributed by atoms with Gasteiger partial charge in [-0.3, -0.25) is 9.69 Å². The topological polar surface area (TPSA) is 53.0 Å². The van der Waals surface area contributed by atoms with Crippen molar-refractivity contribution >= 4 is 17.7 Å². The highest BCUT2D eigenvalue weighted by Gasteiger charge is 2.42. The summed E-state index contributed by atoms with van der Waals surface area (Å²) in [5.74, 6) is 1.41. The zero-order chi connectivity index (χ0) is 14.7. The van der Waals surface area contributed by atoms with Crippen LogP contribution < -0.4 is 0 Å². The lowest BCUT2D eigenvalue weighted by atomic mass is 10.0. The van der Waals surface area contributed by atoms with E-state index in [1.54, 1.807) is 11.8 Å². The molecule has 0 aromatic rings. The van der Waals surface area contributed by atoms with Crippen LogP contribution in [0.5, 0.6) is 0 Å². The molecule has 0 radical (unpaired) electrons. The predicted molar refractivity (Wildman–Crippen MR) is 83.5 cm³/mol. The summed E-state index contributed by atoms with van der Waals surface area (Å²) in [6.07, 6.45) is 3.83. The number of nitrogens with zero attached hydrogens (tertiary/aromatic N) is 2. The third-order valence-electron chi connectivity index (χ3n) is 4.92. The molecule has 6 heteroatoms. The number of ether oxygens (including phenoxy) is 1. The van der Waals surface area contributed by atoms with Gasteiger partial charge in [-0.1, -0.05) is 0 Å². The van der Waals surface area contributed by atoms with Gasteiger partial charge >= 0.3 is 0 Å². The van der Waals surface area contributed by atoms with E-state index in [4.69, 9.17) is 4.74 Å². The van der Waals surface area contributed by atoms with Gasteiger partial charge in [0.05, 0.1) is 0 Å². The maximum absolute atomic E-state index is 12.6. The summed E-state index contributed by atoms with van der Waals surface area (Å²) in [5, 5.41) is 10.5. The Balaban J connectivity index is 1.56. The van der Waals surface area contributed by atoms with Crippen molar-refractivity contribution in [3.8, 4) is 0 Å². The SMILES string of the molecule is O=C(N1CCCN(C2CCOCC2)CC1)C1(O)CCSC1. The van der Waals surface area contributed by atoms with E-state index in [0.29, 0.717) is 18.2 Å². The standard InChI is InChI=1S/C15H26N2O3S/c18-14(15(19)4-11-21-12-15)17-6-1-5-16(7-8-17)13-2-9-20-10-3-13/h13,19H,1-12H2. The highest BCUT2D eigenvalue weighted by atomic mass is 32.2. The van der Waals surface area contributed by atoms with Gasteiger partial charge in [-0.05, 0) is 31.4 Å². The minimum absolute atomic E-state index is 0.0404. The second-order valence-electron chi connectivity index (χ2n) is 6.36. The summed E-state index contributed by atoms with van der Waals surface area (Å²) in [6.45, 7) is 5.25. The molecule has 0 aromatic heterocycles. The maximum atomic E-state index is 12.6. The molecule has 0 spiro atoms. The fraction of sp³-hybridized carbons (Fsp3) is 0.933. The summed E-state index contributed by atoms with van der Waals surface area (Å²) in [7, 11) is 0. The molecular weight excluding hydrogens is 288 g/mol. The summed E-state index contributed by atoms with van der Waals surface area (Å²) in [4.78, 5) is 17.0. The number of thioether (sulfide) groups is 1. The Morgan fingerprint density at radius 2 is 2.00 bits per heavy atom. The lowest BCUT2D eigenvalue weighted by Gasteiger charge is -2.33. The van der Waals surface area contributed by atoms with E-state index < -0.39 is 5.60 Å². The quantitative estimate of drug-likeness (QED) is 0.807. The van der Waals surface area contributed by atoms with Gasteiger partial charge in [-0.2, -0.15) is 11.8 Å². The van der Waals surface area contributed by atoms with Crippen molar-refractivity contribution in [1.82, 2.24) is 9.80 Å². The molecule has 3 rings (SSSR count). The lowest BCUT2D eigenvalue weighted by Crippen LogP contribution is -2.50. The number of amides is 1. The number of carbonyl (C=O) groups excluding carboxylic acids is 1. The molecular formula is C15H26N2O3S. The Bertz CT molecular complexity index is 368. The molecule has 0 aromatic carbocycles.